The second-order valence-electron chi connectivity index (χ2n) is 5.42. The molecule has 1 heterocycles. The van der Waals surface area contributed by atoms with Crippen molar-refractivity contribution < 1.29 is 8.97 Å². The first-order valence-corrected chi connectivity index (χ1v) is 7.11. The van der Waals surface area contributed by atoms with Crippen LogP contribution in [-0.4, -0.2) is 19.5 Å². The molecule has 1 fully saturated rings. The first-order chi connectivity index (χ1) is 7.90. The number of rotatable bonds is 5. The molecule has 1 aromatic rings. The molecule has 2 atom stereocenters. The van der Waals surface area contributed by atoms with Gasteiger partial charge in [0, 0.05) is 29.6 Å². The summed E-state index contributed by atoms with van der Waals surface area (Å²) >= 11 is -1.35. The van der Waals surface area contributed by atoms with Crippen molar-refractivity contribution in [2.24, 2.45) is 5.14 Å². The van der Waals surface area contributed by atoms with Crippen molar-refractivity contribution in [2.45, 2.75) is 56.6 Å². The highest BCUT2D eigenvalue weighted by Crippen LogP contribution is 2.40. The van der Waals surface area contributed by atoms with Crippen molar-refractivity contribution in [3.05, 3.63) is 11.8 Å². The van der Waals surface area contributed by atoms with Crippen LogP contribution in [0.1, 0.15) is 63.7 Å². The van der Waals surface area contributed by atoms with Crippen LogP contribution in [0.15, 0.2) is 4.42 Å². The van der Waals surface area contributed by atoms with E-state index in [1.807, 2.05) is 20.8 Å². The van der Waals surface area contributed by atoms with Gasteiger partial charge >= 0.3 is 0 Å². The van der Waals surface area contributed by atoms with Crippen molar-refractivity contribution in [1.29, 1.82) is 0 Å². The molecular formula is C11H19N3O2S. The molecule has 17 heavy (non-hydrogen) atoms. The summed E-state index contributed by atoms with van der Waals surface area (Å²) in [6.07, 6.45) is 2.96. The third-order valence-corrected chi connectivity index (χ3v) is 4.40. The highest BCUT2D eigenvalue weighted by atomic mass is 32.2. The molecular weight excluding hydrogens is 238 g/mol. The predicted molar refractivity (Wildman–Crippen MR) is 65.7 cm³/mol. The minimum atomic E-state index is -1.35. The van der Waals surface area contributed by atoms with Crippen LogP contribution in [-0.2, 0) is 11.4 Å². The highest BCUT2D eigenvalue weighted by molar-refractivity contribution is 7.90. The van der Waals surface area contributed by atoms with Gasteiger partial charge in [-0.3, -0.25) is 0 Å². The molecule has 1 aromatic heterocycles. The fourth-order valence-electron chi connectivity index (χ4n) is 1.85. The molecule has 1 saturated carbocycles. The average molecular weight is 257 g/mol. The van der Waals surface area contributed by atoms with Gasteiger partial charge in [0.05, 0.1) is 0 Å². The van der Waals surface area contributed by atoms with Crippen LogP contribution in [0.25, 0.3) is 0 Å². The summed E-state index contributed by atoms with van der Waals surface area (Å²) in [7, 11) is 0. The zero-order valence-corrected chi connectivity index (χ0v) is 11.3. The monoisotopic (exact) mass is 257 g/mol. The molecule has 0 bridgehead atoms. The van der Waals surface area contributed by atoms with Gasteiger partial charge in [-0.2, -0.15) is 5.14 Å². The molecule has 0 aromatic carbocycles. The summed E-state index contributed by atoms with van der Waals surface area (Å²) in [5, 5.41) is 13.6. The predicted octanol–water partition coefficient (Wildman–Crippen LogP) is 1.84. The Morgan fingerprint density at radius 3 is 2.71 bits per heavy atom. The van der Waals surface area contributed by atoms with E-state index in [9.17, 15) is 4.55 Å². The smallest absolute Gasteiger partial charge is 0.219 e. The fraction of sp³-hybridized carbons (Fsp3) is 0.818. The summed E-state index contributed by atoms with van der Waals surface area (Å²) in [4.78, 5) is 0. The number of nitrogens with zero attached hydrogens (tertiary/aromatic N) is 2. The molecule has 0 radical (unpaired) electrons. The summed E-state index contributed by atoms with van der Waals surface area (Å²) < 4.78 is 16.6. The van der Waals surface area contributed by atoms with Gasteiger partial charge in [-0.1, -0.05) is 6.92 Å². The molecule has 5 nitrogen and oxygen atoms in total. The lowest BCUT2D eigenvalue weighted by Crippen LogP contribution is -2.38. The van der Waals surface area contributed by atoms with Gasteiger partial charge in [0.1, 0.15) is 4.75 Å². The van der Waals surface area contributed by atoms with E-state index >= 15 is 0 Å². The summed E-state index contributed by atoms with van der Waals surface area (Å²) in [5.41, 5.74) is 0. The number of hydrogen-bond donors (Lipinski definition) is 1. The fourth-order valence-corrected chi connectivity index (χ4v) is 2.26. The van der Waals surface area contributed by atoms with Crippen LogP contribution in [0.3, 0.4) is 0 Å². The van der Waals surface area contributed by atoms with Gasteiger partial charge < -0.3 is 8.97 Å². The quantitative estimate of drug-likeness (QED) is 0.813. The highest BCUT2D eigenvalue weighted by Gasteiger charge is 2.35. The van der Waals surface area contributed by atoms with Crippen molar-refractivity contribution in [2.75, 3.05) is 0 Å². The van der Waals surface area contributed by atoms with Crippen molar-refractivity contribution in [1.82, 2.24) is 10.2 Å². The van der Waals surface area contributed by atoms with Gasteiger partial charge in [0.2, 0.25) is 11.8 Å². The lowest BCUT2D eigenvalue weighted by atomic mass is 9.98. The summed E-state index contributed by atoms with van der Waals surface area (Å²) in [6.45, 7) is 5.77. The summed E-state index contributed by atoms with van der Waals surface area (Å²) in [6, 6.07) is 0. The first-order valence-electron chi connectivity index (χ1n) is 5.89. The number of hydrogen-bond acceptors (Lipinski definition) is 5. The van der Waals surface area contributed by atoms with Crippen LogP contribution in [0.4, 0.5) is 0 Å². The van der Waals surface area contributed by atoms with Crippen LogP contribution in [0, 0.1) is 0 Å². The standard InChI is InChI=1S/C11H19N3O2S/c1-7(6-11(2,3)17(12)15)9-13-14-10(16-9)8-4-5-8/h7-8H,4-6,12H2,1-3H3. The Hall–Kier alpha value is -0.590. The molecule has 0 amide bonds. The van der Waals surface area contributed by atoms with Crippen molar-refractivity contribution >= 4 is 11.4 Å². The van der Waals surface area contributed by atoms with Crippen LogP contribution >= 0.6 is 0 Å². The molecule has 2 rings (SSSR count). The van der Waals surface area contributed by atoms with E-state index in [0.29, 0.717) is 18.2 Å². The number of nitrogens with two attached hydrogens (primary N) is 1. The van der Waals surface area contributed by atoms with E-state index in [0.717, 1.165) is 18.7 Å². The van der Waals surface area contributed by atoms with E-state index < -0.39 is 16.1 Å². The summed E-state index contributed by atoms with van der Waals surface area (Å²) in [5.74, 6) is 1.93. The minimum Gasteiger partial charge on any atom is -0.598 e. The Morgan fingerprint density at radius 1 is 1.53 bits per heavy atom. The molecule has 1 aliphatic carbocycles. The maximum atomic E-state index is 11.4. The van der Waals surface area contributed by atoms with Gasteiger partial charge in [0.15, 0.2) is 0 Å². The Bertz CT molecular complexity index is 388. The Kier molecular flexibility index (Phi) is 3.47. The van der Waals surface area contributed by atoms with Crippen molar-refractivity contribution in [3.8, 4) is 0 Å². The Labute approximate surface area is 104 Å². The average Bonchev–Trinajstić information content (AvgIpc) is 2.95. The van der Waals surface area contributed by atoms with E-state index in [1.165, 1.54) is 0 Å². The van der Waals surface area contributed by atoms with Gasteiger partial charge in [-0.05, 0) is 26.7 Å². The molecule has 0 aliphatic heterocycles. The SMILES string of the molecule is CC(CC(C)(C)[S+](N)[O-])c1nnc(C2CC2)o1. The Balaban J connectivity index is 2.00. The first kappa shape index (κ1) is 12.9. The maximum Gasteiger partial charge on any atom is 0.219 e. The van der Waals surface area contributed by atoms with Crippen LogP contribution < -0.4 is 5.14 Å². The normalized spacial score (nSPS) is 20.3. The molecule has 1 aliphatic rings. The number of aromatic nitrogens is 2. The van der Waals surface area contributed by atoms with E-state index in [4.69, 9.17) is 9.56 Å². The van der Waals surface area contributed by atoms with Gasteiger partial charge in [-0.15, -0.1) is 10.2 Å². The Morgan fingerprint density at radius 2 is 2.18 bits per heavy atom. The van der Waals surface area contributed by atoms with Crippen molar-refractivity contribution in [3.63, 3.8) is 0 Å². The zero-order chi connectivity index (χ0) is 12.6. The van der Waals surface area contributed by atoms with E-state index in [-0.39, 0.29) is 5.92 Å². The molecule has 2 unspecified atom stereocenters. The largest absolute Gasteiger partial charge is 0.598 e. The van der Waals surface area contributed by atoms with Crippen LogP contribution in [0.5, 0.6) is 0 Å². The maximum absolute atomic E-state index is 11.4. The molecule has 96 valence electrons. The third-order valence-electron chi connectivity index (χ3n) is 3.15. The molecule has 2 N–H and O–H groups in total. The molecule has 0 spiro atoms. The van der Waals surface area contributed by atoms with E-state index in [2.05, 4.69) is 10.2 Å². The third kappa shape index (κ3) is 3.00. The second-order valence-corrected chi connectivity index (χ2v) is 7.12. The molecule has 0 saturated heterocycles. The lowest BCUT2D eigenvalue weighted by molar-refractivity contribution is 0.395. The minimum absolute atomic E-state index is 0.0810. The zero-order valence-electron chi connectivity index (χ0n) is 10.5. The second kappa shape index (κ2) is 4.59. The lowest BCUT2D eigenvalue weighted by Gasteiger charge is -2.25. The molecule has 6 heteroatoms. The van der Waals surface area contributed by atoms with E-state index in [1.54, 1.807) is 0 Å². The van der Waals surface area contributed by atoms with Gasteiger partial charge in [-0.25, -0.2) is 0 Å². The topological polar surface area (TPSA) is 88.0 Å². The van der Waals surface area contributed by atoms with Crippen LogP contribution in [0.2, 0.25) is 0 Å². The van der Waals surface area contributed by atoms with Gasteiger partial charge in [0.25, 0.3) is 0 Å².